The summed E-state index contributed by atoms with van der Waals surface area (Å²) in [5, 5.41) is 0. The molecule has 2 atom stereocenters. The Hall–Kier alpha value is -3.01. The molecule has 34 heavy (non-hydrogen) atoms. The van der Waals surface area contributed by atoms with Crippen LogP contribution in [0.1, 0.15) is 55.6 Å². The summed E-state index contributed by atoms with van der Waals surface area (Å²) < 4.78 is 16.0. The van der Waals surface area contributed by atoms with Gasteiger partial charge in [0.25, 0.3) is 5.89 Å². The Morgan fingerprint density at radius 2 is 1.94 bits per heavy atom. The van der Waals surface area contributed by atoms with Crippen LogP contribution < -0.4 is 5.73 Å². The van der Waals surface area contributed by atoms with Crippen molar-refractivity contribution in [3.63, 3.8) is 0 Å². The molecule has 3 heterocycles. The average molecular weight is 473 g/mol. The van der Waals surface area contributed by atoms with E-state index >= 15 is 0 Å². The van der Waals surface area contributed by atoms with Crippen molar-refractivity contribution in [1.82, 2.24) is 14.9 Å². The molecule has 0 spiro atoms. The maximum absolute atomic E-state index is 13.6. The Morgan fingerprint density at radius 1 is 1.18 bits per heavy atom. The lowest BCUT2D eigenvalue weighted by molar-refractivity contribution is -0.142. The zero-order valence-electron chi connectivity index (χ0n) is 19.3. The van der Waals surface area contributed by atoms with Gasteiger partial charge in [-0.3, -0.25) is 9.59 Å². The standard InChI is InChI=1S/C24H32N4O6/c25-24(31)33-12-8-17(20(29)22-27-19-7-4-9-26-21(19)34-22)15-18(16-5-2-1-3-6-16)23(30)28-10-13-32-14-11-28/h4,7,9,16-18H,1-3,5-6,8,10-15H2,(H2,25,31). The SMILES string of the molecule is NC(=O)OCCC(CC(C(=O)N1CCOCC1)C1CCCCC1)C(=O)c1nc2cccnc2o1. The minimum atomic E-state index is -0.898. The van der Waals surface area contributed by atoms with E-state index in [-0.39, 0.29) is 48.2 Å². The summed E-state index contributed by atoms with van der Waals surface area (Å²) in [7, 11) is 0. The number of fused-ring (bicyclic) bond motifs is 1. The van der Waals surface area contributed by atoms with Crippen molar-refractivity contribution in [2.45, 2.75) is 44.9 Å². The van der Waals surface area contributed by atoms with E-state index in [2.05, 4.69) is 9.97 Å². The monoisotopic (exact) mass is 472 g/mol. The van der Waals surface area contributed by atoms with Gasteiger partial charge >= 0.3 is 6.09 Å². The molecule has 0 aromatic carbocycles. The minimum Gasteiger partial charge on any atom is -0.450 e. The van der Waals surface area contributed by atoms with Gasteiger partial charge in [0.2, 0.25) is 17.4 Å². The van der Waals surface area contributed by atoms with E-state index < -0.39 is 12.0 Å². The van der Waals surface area contributed by atoms with Gasteiger partial charge in [-0.1, -0.05) is 19.3 Å². The molecule has 0 bridgehead atoms. The van der Waals surface area contributed by atoms with Gasteiger partial charge < -0.3 is 24.5 Å². The van der Waals surface area contributed by atoms with Crippen LogP contribution >= 0.6 is 0 Å². The van der Waals surface area contributed by atoms with Crippen molar-refractivity contribution >= 4 is 29.0 Å². The number of oxazole rings is 1. The molecule has 0 radical (unpaired) electrons. The number of morpholine rings is 1. The highest BCUT2D eigenvalue weighted by molar-refractivity contribution is 5.96. The van der Waals surface area contributed by atoms with Crippen molar-refractivity contribution < 1.29 is 28.3 Å². The third kappa shape index (κ3) is 5.91. The number of nitrogens with zero attached hydrogens (tertiary/aromatic N) is 3. The van der Waals surface area contributed by atoms with Crippen LogP contribution in [0, 0.1) is 17.8 Å². The molecule has 4 rings (SSSR count). The second kappa shape index (κ2) is 11.4. The van der Waals surface area contributed by atoms with Crippen LogP contribution in [-0.4, -0.2) is 65.6 Å². The summed E-state index contributed by atoms with van der Waals surface area (Å²) in [5.74, 6) is -0.988. The summed E-state index contributed by atoms with van der Waals surface area (Å²) in [6, 6.07) is 3.44. The van der Waals surface area contributed by atoms with Gasteiger partial charge in [0, 0.05) is 31.1 Å². The first-order valence-electron chi connectivity index (χ1n) is 12.1. The lowest BCUT2D eigenvalue weighted by Gasteiger charge is -2.36. The van der Waals surface area contributed by atoms with Gasteiger partial charge in [0.05, 0.1) is 19.8 Å². The van der Waals surface area contributed by atoms with Gasteiger partial charge in [0.15, 0.2) is 0 Å². The zero-order chi connectivity index (χ0) is 23.9. The number of Topliss-reactive ketones (excluding diaryl/α,β-unsaturated/α-hetero) is 1. The number of amides is 2. The average Bonchev–Trinajstić information content (AvgIpc) is 3.30. The van der Waals surface area contributed by atoms with E-state index in [9.17, 15) is 14.4 Å². The van der Waals surface area contributed by atoms with Crippen molar-refractivity contribution in [2.24, 2.45) is 23.5 Å². The largest absolute Gasteiger partial charge is 0.450 e. The topological polar surface area (TPSA) is 138 Å². The Morgan fingerprint density at radius 3 is 2.65 bits per heavy atom. The normalized spacial score (nSPS) is 19.0. The van der Waals surface area contributed by atoms with Crippen molar-refractivity contribution in [1.29, 1.82) is 0 Å². The minimum absolute atomic E-state index is 0.0205. The van der Waals surface area contributed by atoms with Gasteiger partial charge in [-0.05, 0) is 43.7 Å². The molecule has 2 aromatic rings. The van der Waals surface area contributed by atoms with Crippen LogP contribution in [0.15, 0.2) is 22.7 Å². The van der Waals surface area contributed by atoms with Crippen LogP contribution in [0.25, 0.3) is 11.2 Å². The van der Waals surface area contributed by atoms with E-state index in [0.717, 1.165) is 25.7 Å². The first kappa shape index (κ1) is 24.1. The summed E-state index contributed by atoms with van der Waals surface area (Å²) >= 11 is 0. The summed E-state index contributed by atoms with van der Waals surface area (Å²) in [4.78, 5) is 48.5. The fraction of sp³-hybridized carbons (Fsp3) is 0.625. The maximum atomic E-state index is 13.6. The van der Waals surface area contributed by atoms with Gasteiger partial charge in [-0.2, -0.15) is 0 Å². The first-order valence-corrected chi connectivity index (χ1v) is 12.1. The van der Waals surface area contributed by atoms with Crippen molar-refractivity contribution in [3.05, 3.63) is 24.2 Å². The van der Waals surface area contributed by atoms with E-state index in [4.69, 9.17) is 19.6 Å². The molecule has 2 aromatic heterocycles. The third-order valence-electron chi connectivity index (χ3n) is 6.86. The Labute approximate surface area is 198 Å². The summed E-state index contributed by atoms with van der Waals surface area (Å²) in [6.07, 6.45) is 6.50. The molecule has 2 unspecified atom stereocenters. The molecule has 1 saturated carbocycles. The van der Waals surface area contributed by atoms with Gasteiger partial charge in [0.1, 0.15) is 5.52 Å². The number of carbonyl (C=O) groups excluding carboxylic acids is 3. The number of primary amides is 1. The maximum Gasteiger partial charge on any atom is 0.404 e. The molecule has 2 N–H and O–H groups in total. The van der Waals surface area contributed by atoms with Gasteiger partial charge in [-0.25, -0.2) is 14.8 Å². The molecule has 184 valence electrons. The third-order valence-corrected chi connectivity index (χ3v) is 6.86. The highest BCUT2D eigenvalue weighted by Crippen LogP contribution is 2.36. The number of ketones is 1. The second-order valence-corrected chi connectivity index (χ2v) is 9.04. The van der Waals surface area contributed by atoms with Crippen LogP contribution in [0.5, 0.6) is 0 Å². The predicted molar refractivity (Wildman–Crippen MR) is 122 cm³/mol. The van der Waals surface area contributed by atoms with Crippen LogP contribution in [0.4, 0.5) is 4.79 Å². The number of pyridine rings is 1. The van der Waals surface area contributed by atoms with E-state index in [1.165, 1.54) is 6.42 Å². The molecule has 1 aliphatic carbocycles. The molecule has 10 heteroatoms. The molecule has 1 saturated heterocycles. The van der Waals surface area contributed by atoms with Crippen LogP contribution in [-0.2, 0) is 14.3 Å². The summed E-state index contributed by atoms with van der Waals surface area (Å²) in [6.45, 7) is 2.14. The highest BCUT2D eigenvalue weighted by Gasteiger charge is 2.37. The number of carbonyl (C=O) groups is 3. The Balaban J connectivity index is 1.57. The van der Waals surface area contributed by atoms with Crippen LogP contribution in [0.2, 0.25) is 0 Å². The van der Waals surface area contributed by atoms with E-state index in [0.29, 0.717) is 38.2 Å². The number of rotatable bonds is 9. The lowest BCUT2D eigenvalue weighted by Crippen LogP contribution is -2.46. The van der Waals surface area contributed by atoms with Crippen molar-refractivity contribution in [3.8, 4) is 0 Å². The number of nitrogens with two attached hydrogens (primary N) is 1. The second-order valence-electron chi connectivity index (χ2n) is 9.04. The smallest absolute Gasteiger partial charge is 0.404 e. The number of hydrogen-bond donors (Lipinski definition) is 1. The first-order chi connectivity index (χ1) is 16.5. The highest BCUT2D eigenvalue weighted by atomic mass is 16.5. The fourth-order valence-electron chi connectivity index (χ4n) is 5.06. The molecule has 2 fully saturated rings. The molecule has 10 nitrogen and oxygen atoms in total. The fourth-order valence-corrected chi connectivity index (χ4v) is 5.06. The Bertz CT molecular complexity index is 963. The zero-order valence-corrected chi connectivity index (χ0v) is 19.3. The molecule has 2 amide bonds. The summed E-state index contributed by atoms with van der Waals surface area (Å²) in [5.41, 5.74) is 5.90. The molecule has 1 aliphatic heterocycles. The quantitative estimate of drug-likeness (QED) is 0.550. The van der Waals surface area contributed by atoms with E-state index in [1.54, 1.807) is 18.3 Å². The Kier molecular flexibility index (Phi) is 8.10. The lowest BCUT2D eigenvalue weighted by atomic mass is 9.74. The molecular weight excluding hydrogens is 440 g/mol. The van der Waals surface area contributed by atoms with E-state index in [1.807, 2.05) is 4.90 Å². The van der Waals surface area contributed by atoms with Crippen LogP contribution in [0.3, 0.4) is 0 Å². The predicted octanol–water partition coefficient (Wildman–Crippen LogP) is 2.95. The number of hydrogen-bond acceptors (Lipinski definition) is 8. The molecular formula is C24H32N4O6. The number of aromatic nitrogens is 2. The number of ether oxygens (including phenoxy) is 2. The van der Waals surface area contributed by atoms with Gasteiger partial charge in [-0.15, -0.1) is 0 Å². The molecule has 2 aliphatic rings. The van der Waals surface area contributed by atoms with Crippen molar-refractivity contribution in [2.75, 3.05) is 32.9 Å².